The Labute approximate surface area is 180 Å². The van der Waals surface area contributed by atoms with Crippen molar-refractivity contribution in [3.05, 3.63) is 58.4 Å². The van der Waals surface area contributed by atoms with Crippen molar-refractivity contribution in [2.75, 3.05) is 20.2 Å². The van der Waals surface area contributed by atoms with Gasteiger partial charge in [-0.3, -0.25) is 9.88 Å². The van der Waals surface area contributed by atoms with Crippen molar-refractivity contribution in [2.24, 2.45) is 11.8 Å². The largest absolute Gasteiger partial charge is 0.496 e. The second-order valence-electron chi connectivity index (χ2n) is 9.65. The monoisotopic (exact) mass is 406 g/mol. The number of hydrogen-bond donors (Lipinski definition) is 1. The van der Waals surface area contributed by atoms with Gasteiger partial charge in [-0.2, -0.15) is 0 Å². The quantitative estimate of drug-likeness (QED) is 0.818. The third-order valence-electron chi connectivity index (χ3n) is 7.83. The number of fused-ring (bicyclic) bond motifs is 3. The maximum absolute atomic E-state index is 11.9. The van der Waals surface area contributed by atoms with Crippen molar-refractivity contribution in [1.82, 2.24) is 9.88 Å². The first-order valence-corrected chi connectivity index (χ1v) is 11.6. The van der Waals surface area contributed by atoms with Crippen LogP contribution in [0.1, 0.15) is 60.1 Å². The molecular weight excluding hydrogens is 372 g/mol. The molecule has 160 valence electrons. The van der Waals surface area contributed by atoms with Crippen molar-refractivity contribution in [2.45, 2.75) is 64.0 Å². The number of likely N-dealkylation sites (tertiary alicyclic amines) is 1. The maximum atomic E-state index is 11.9. The average Bonchev–Trinajstić information content (AvgIpc) is 2.74. The molecule has 2 aromatic rings. The Kier molecular flexibility index (Phi) is 5.32. The summed E-state index contributed by atoms with van der Waals surface area (Å²) >= 11 is 0. The lowest BCUT2D eigenvalue weighted by Crippen LogP contribution is -2.58. The van der Waals surface area contributed by atoms with E-state index in [0.717, 1.165) is 49.5 Å². The van der Waals surface area contributed by atoms with Gasteiger partial charge >= 0.3 is 0 Å². The number of aromatic nitrogens is 1. The van der Waals surface area contributed by atoms with Crippen LogP contribution in [-0.2, 0) is 25.0 Å². The first-order valence-electron chi connectivity index (χ1n) is 11.6. The minimum atomic E-state index is -0.792. The molecular formula is C26H34N2O2. The van der Waals surface area contributed by atoms with Crippen LogP contribution in [-0.4, -0.2) is 35.2 Å². The van der Waals surface area contributed by atoms with E-state index in [4.69, 9.17) is 4.74 Å². The van der Waals surface area contributed by atoms with Gasteiger partial charge < -0.3 is 9.84 Å². The molecule has 0 amide bonds. The van der Waals surface area contributed by atoms with Crippen LogP contribution in [0.15, 0.2) is 30.5 Å². The molecule has 1 aromatic heterocycles. The number of hydrogen-bond acceptors (Lipinski definition) is 4. The van der Waals surface area contributed by atoms with E-state index in [9.17, 15) is 5.11 Å². The third kappa shape index (κ3) is 3.34. The fraction of sp³-hybridized carbons (Fsp3) is 0.577. The zero-order chi connectivity index (χ0) is 20.7. The van der Waals surface area contributed by atoms with Crippen molar-refractivity contribution < 1.29 is 9.84 Å². The SMILES string of the molecule is COc1cc2c(cc1CN1C[C@H]3CCC[C@@H](C1)C3(O)c1ncccc1C)CCCC2. The number of rotatable bonds is 4. The lowest BCUT2D eigenvalue weighted by molar-refractivity contribution is -0.151. The number of benzene rings is 1. The molecule has 2 heterocycles. The predicted molar refractivity (Wildman–Crippen MR) is 119 cm³/mol. The van der Waals surface area contributed by atoms with Crippen LogP contribution in [0, 0.1) is 18.8 Å². The molecule has 30 heavy (non-hydrogen) atoms. The fourth-order valence-corrected chi connectivity index (χ4v) is 6.33. The van der Waals surface area contributed by atoms with Gasteiger partial charge in [-0.05, 0) is 74.3 Å². The van der Waals surface area contributed by atoms with Gasteiger partial charge in [0.05, 0.1) is 12.8 Å². The zero-order valence-corrected chi connectivity index (χ0v) is 18.4. The van der Waals surface area contributed by atoms with Crippen LogP contribution in [0.3, 0.4) is 0 Å². The average molecular weight is 407 g/mol. The number of methoxy groups -OCH3 is 1. The molecule has 1 saturated heterocycles. The lowest BCUT2D eigenvalue weighted by Gasteiger charge is -2.53. The van der Waals surface area contributed by atoms with Crippen LogP contribution in [0.2, 0.25) is 0 Å². The number of piperidine rings is 1. The Morgan fingerprint density at radius 3 is 2.47 bits per heavy atom. The Balaban J connectivity index is 1.41. The summed E-state index contributed by atoms with van der Waals surface area (Å²) in [4.78, 5) is 7.20. The topological polar surface area (TPSA) is 45.6 Å². The molecule has 4 nitrogen and oxygen atoms in total. The molecule has 3 atom stereocenters. The Morgan fingerprint density at radius 2 is 1.80 bits per heavy atom. The predicted octanol–water partition coefficient (Wildman–Crippen LogP) is 4.40. The number of ether oxygens (including phenoxy) is 1. The molecule has 1 aliphatic heterocycles. The molecule has 0 radical (unpaired) electrons. The van der Waals surface area contributed by atoms with E-state index in [1.54, 1.807) is 7.11 Å². The van der Waals surface area contributed by atoms with Gasteiger partial charge in [0.25, 0.3) is 0 Å². The highest BCUT2D eigenvalue weighted by atomic mass is 16.5. The molecule has 3 aliphatic rings. The second kappa shape index (κ2) is 7.97. The summed E-state index contributed by atoms with van der Waals surface area (Å²) in [5.74, 6) is 1.51. The van der Waals surface area contributed by atoms with Gasteiger partial charge in [-0.1, -0.05) is 18.6 Å². The molecule has 1 N–H and O–H groups in total. The smallest absolute Gasteiger partial charge is 0.123 e. The minimum absolute atomic E-state index is 0.238. The molecule has 1 aromatic carbocycles. The maximum Gasteiger partial charge on any atom is 0.123 e. The van der Waals surface area contributed by atoms with Gasteiger partial charge in [0.1, 0.15) is 11.4 Å². The van der Waals surface area contributed by atoms with Crippen LogP contribution in [0.5, 0.6) is 5.75 Å². The summed E-state index contributed by atoms with van der Waals surface area (Å²) in [6.07, 6.45) is 10.1. The van der Waals surface area contributed by atoms with Crippen molar-refractivity contribution >= 4 is 0 Å². The number of nitrogens with zero attached hydrogens (tertiary/aromatic N) is 2. The molecule has 2 fully saturated rings. The molecule has 2 aliphatic carbocycles. The van der Waals surface area contributed by atoms with Gasteiger partial charge in [-0.15, -0.1) is 0 Å². The molecule has 0 spiro atoms. The number of aryl methyl sites for hydroxylation is 3. The Morgan fingerprint density at radius 1 is 1.10 bits per heavy atom. The highest BCUT2D eigenvalue weighted by Crippen LogP contribution is 2.49. The summed E-state index contributed by atoms with van der Waals surface area (Å²) in [5, 5.41) is 11.9. The van der Waals surface area contributed by atoms with Crippen LogP contribution < -0.4 is 4.74 Å². The van der Waals surface area contributed by atoms with Crippen molar-refractivity contribution in [3.63, 3.8) is 0 Å². The molecule has 4 heteroatoms. The zero-order valence-electron chi connectivity index (χ0n) is 18.4. The fourth-order valence-electron chi connectivity index (χ4n) is 6.33. The van der Waals surface area contributed by atoms with E-state index < -0.39 is 5.60 Å². The second-order valence-corrected chi connectivity index (χ2v) is 9.65. The van der Waals surface area contributed by atoms with E-state index in [0.29, 0.717) is 0 Å². The molecule has 1 saturated carbocycles. The highest BCUT2D eigenvalue weighted by Gasteiger charge is 2.52. The first-order chi connectivity index (χ1) is 14.6. The molecule has 1 unspecified atom stereocenters. The lowest BCUT2D eigenvalue weighted by atomic mass is 9.63. The molecule has 5 rings (SSSR count). The number of pyridine rings is 1. The van der Waals surface area contributed by atoms with E-state index in [2.05, 4.69) is 35.0 Å². The first kappa shape index (κ1) is 20.0. The summed E-state index contributed by atoms with van der Waals surface area (Å²) in [5.41, 5.74) is 5.51. The normalized spacial score (nSPS) is 28.8. The standard InChI is InChI=1S/C26H34N2O2/c1-18-7-6-12-27-25(18)26(29)22-10-5-11-23(26)17-28(16-22)15-21-13-19-8-3-4-9-20(19)14-24(21)30-2/h6-7,12-14,22-23,29H,3-5,8-11,15-17H2,1-2H3/t22-,23+,26?. The van der Waals surface area contributed by atoms with E-state index >= 15 is 0 Å². The minimum Gasteiger partial charge on any atom is -0.496 e. The van der Waals surface area contributed by atoms with E-state index in [-0.39, 0.29) is 11.8 Å². The van der Waals surface area contributed by atoms with E-state index in [1.807, 2.05) is 12.3 Å². The summed E-state index contributed by atoms with van der Waals surface area (Å²) < 4.78 is 5.79. The van der Waals surface area contributed by atoms with Gasteiger partial charge in [0, 0.05) is 43.2 Å². The van der Waals surface area contributed by atoms with E-state index in [1.165, 1.54) is 48.8 Å². The van der Waals surface area contributed by atoms with Crippen LogP contribution in [0.25, 0.3) is 0 Å². The Hall–Kier alpha value is -1.91. The highest BCUT2D eigenvalue weighted by molar-refractivity contribution is 5.44. The summed E-state index contributed by atoms with van der Waals surface area (Å²) in [7, 11) is 1.79. The summed E-state index contributed by atoms with van der Waals surface area (Å²) in [6.45, 7) is 4.83. The molecule has 2 bridgehead atoms. The van der Waals surface area contributed by atoms with Crippen LogP contribution >= 0.6 is 0 Å². The Bertz CT molecular complexity index is 911. The van der Waals surface area contributed by atoms with Crippen molar-refractivity contribution in [1.29, 1.82) is 0 Å². The van der Waals surface area contributed by atoms with Gasteiger partial charge in [0.15, 0.2) is 0 Å². The van der Waals surface area contributed by atoms with Crippen LogP contribution in [0.4, 0.5) is 0 Å². The number of aliphatic hydroxyl groups is 1. The van der Waals surface area contributed by atoms with Crippen molar-refractivity contribution in [3.8, 4) is 5.75 Å². The third-order valence-corrected chi connectivity index (χ3v) is 7.83. The summed E-state index contributed by atoms with van der Waals surface area (Å²) in [6, 6.07) is 8.73. The van der Waals surface area contributed by atoms with Gasteiger partial charge in [-0.25, -0.2) is 0 Å². The van der Waals surface area contributed by atoms with Gasteiger partial charge in [0.2, 0.25) is 0 Å².